The minimum Gasteiger partial charge on any atom is -0.245 e. The van der Waals surface area contributed by atoms with Gasteiger partial charge in [0.25, 0.3) is 0 Å². The lowest BCUT2D eigenvalue weighted by atomic mass is 13.9. The monoisotopic (exact) mass is 97.0 g/mol. The van der Waals surface area contributed by atoms with Crippen molar-refractivity contribution in [2.75, 3.05) is 0 Å². The molecular weight excluding hydrogens is 94.1 g/mol. The number of nitrogens with one attached hydrogen (secondary N) is 1. The fourth-order valence-electron chi connectivity index (χ4n) is 0. The summed E-state index contributed by atoms with van der Waals surface area (Å²) >= 11 is 3.21. The molecule has 1 N–H and O–H groups in total. The van der Waals surface area contributed by atoms with Crippen molar-refractivity contribution in [3.05, 3.63) is 0 Å². The lowest BCUT2D eigenvalue weighted by Gasteiger charge is -1.60. The van der Waals surface area contributed by atoms with E-state index in [4.69, 9.17) is 4.21 Å². The van der Waals surface area contributed by atoms with Gasteiger partial charge in [-0.15, -0.1) is 0 Å². The highest BCUT2D eigenvalue weighted by atomic mass is 32.2. The maximum Gasteiger partial charge on any atom is 0.0879 e. The minimum absolute atomic E-state index is 0.137. The first-order valence-corrected chi connectivity index (χ1v) is 1.89. The van der Waals surface area contributed by atoms with Crippen molar-refractivity contribution in [1.82, 2.24) is 4.13 Å². The molecule has 0 radical (unpaired) electrons. The standard InChI is InChI=1S/H3NOS2/c2-4-1-3/h3-4H,(H,1,2). The number of hydrogen-bond donors (Lipinski definition) is 3. The van der Waals surface area contributed by atoms with Crippen LogP contribution in [0.25, 0.3) is 0 Å². The number of hydrogen-bond acceptors (Lipinski definition) is 2. The molecule has 0 aliphatic rings. The third-order valence-electron chi connectivity index (χ3n) is 0.0408. The van der Waals surface area contributed by atoms with E-state index in [1.165, 1.54) is 0 Å². The first kappa shape index (κ1) is 4.46. The quantitative estimate of drug-likeness (QED) is 0.370. The van der Waals surface area contributed by atoms with E-state index in [1.54, 1.807) is 0 Å². The molecule has 0 aromatic rings. The Morgan fingerprint density at radius 2 is 2.25 bits per heavy atom. The predicted octanol–water partition coefficient (Wildman–Crippen LogP) is -0.719. The van der Waals surface area contributed by atoms with Crippen molar-refractivity contribution < 1.29 is 4.21 Å². The van der Waals surface area contributed by atoms with E-state index in [2.05, 4.69) is 12.8 Å². The highest BCUT2D eigenvalue weighted by molar-refractivity contribution is 7.88. The summed E-state index contributed by atoms with van der Waals surface area (Å²) in [5.74, 6) is 0. The smallest absolute Gasteiger partial charge is 0.0879 e. The van der Waals surface area contributed by atoms with E-state index in [0.29, 0.717) is 0 Å². The first-order valence-electron chi connectivity index (χ1n) is 0.630. The lowest BCUT2D eigenvalue weighted by molar-refractivity contribution is 0.693. The molecule has 0 bridgehead atoms. The molecule has 0 aliphatic carbocycles. The summed E-state index contributed by atoms with van der Waals surface area (Å²) < 4.78 is 11.1. The van der Waals surface area contributed by atoms with Crippen molar-refractivity contribution in [1.29, 1.82) is 0 Å². The molecule has 0 saturated carbocycles. The Labute approximate surface area is 33.8 Å². The van der Waals surface area contributed by atoms with Crippen LogP contribution in [0.1, 0.15) is 0 Å². The molecule has 0 heterocycles. The summed E-state index contributed by atoms with van der Waals surface area (Å²) in [6.45, 7) is 0. The van der Waals surface area contributed by atoms with E-state index >= 15 is 0 Å². The molecule has 4 heteroatoms. The van der Waals surface area contributed by atoms with Crippen LogP contribution in [0.4, 0.5) is 0 Å². The average molecular weight is 97.2 g/mol. The maximum absolute atomic E-state index is 9.08. The van der Waals surface area contributed by atoms with Crippen molar-refractivity contribution in [2.24, 2.45) is 0 Å². The Morgan fingerprint density at radius 1 is 2.00 bits per heavy atom. The molecule has 0 spiro atoms. The Hall–Kier alpha value is 0.460. The predicted molar refractivity (Wildman–Crippen MR) is 21.7 cm³/mol. The van der Waals surface area contributed by atoms with Crippen molar-refractivity contribution >= 4 is 24.7 Å². The van der Waals surface area contributed by atoms with Gasteiger partial charge in [0.05, 0.1) is 11.9 Å². The second kappa shape index (κ2) is 3.46. The second-order valence-electron chi connectivity index (χ2n) is 0.191. The largest absolute Gasteiger partial charge is 0.245 e. The van der Waals surface area contributed by atoms with E-state index in [-0.39, 0.29) is 11.9 Å². The number of rotatable bonds is 1. The second-order valence-corrected chi connectivity index (χ2v) is 1.17. The van der Waals surface area contributed by atoms with Crippen LogP contribution in [0.15, 0.2) is 0 Å². The van der Waals surface area contributed by atoms with Crippen LogP contribution in [0.3, 0.4) is 0 Å². The normalized spacial score (nSPS) is 7.25. The minimum atomic E-state index is -0.137. The van der Waals surface area contributed by atoms with Gasteiger partial charge in [0.15, 0.2) is 0 Å². The molecule has 0 fully saturated rings. The highest BCUT2D eigenvalue weighted by Gasteiger charge is 1.43. The summed E-state index contributed by atoms with van der Waals surface area (Å²) in [6.07, 6.45) is 0. The van der Waals surface area contributed by atoms with Gasteiger partial charge in [-0.2, -0.15) is 4.13 Å². The average Bonchev–Trinajstić information content (AvgIpc) is 1.37. The lowest BCUT2D eigenvalue weighted by Crippen LogP contribution is -1.80. The molecule has 2 nitrogen and oxygen atoms in total. The molecular formula is H3NOS2. The van der Waals surface area contributed by atoms with Crippen molar-refractivity contribution in [2.45, 2.75) is 0 Å². The van der Waals surface area contributed by atoms with Crippen LogP contribution in [-0.4, -0.2) is 4.21 Å². The van der Waals surface area contributed by atoms with E-state index in [0.717, 1.165) is 0 Å². The third-order valence-corrected chi connectivity index (χ3v) is 0.367. The Balaban J connectivity index is 2.30. The zero-order chi connectivity index (χ0) is 3.41. The Bertz CT molecular complexity index is 20.0. The summed E-state index contributed by atoms with van der Waals surface area (Å²) in [5, 5.41) is 0. The topological polar surface area (TPSA) is 29.1 Å². The summed E-state index contributed by atoms with van der Waals surface area (Å²) in [7, 11) is 0. The van der Waals surface area contributed by atoms with Gasteiger partial charge in [-0.25, -0.2) is 4.21 Å². The Kier molecular flexibility index (Phi) is 3.86. The fraction of sp³-hybridized carbons (Fsp3) is 0. The van der Waals surface area contributed by atoms with Gasteiger partial charge in [0, 0.05) is 0 Å². The van der Waals surface area contributed by atoms with Crippen LogP contribution < -0.4 is 4.13 Å². The molecule has 4 heavy (non-hydrogen) atoms. The SMILES string of the molecule is O=[SH]NS. The molecule has 0 aliphatic heterocycles. The van der Waals surface area contributed by atoms with E-state index < -0.39 is 0 Å². The molecule has 0 amide bonds. The van der Waals surface area contributed by atoms with Crippen LogP contribution in [-0.2, 0) is 11.9 Å². The van der Waals surface area contributed by atoms with Gasteiger partial charge in [-0.05, 0) is 0 Å². The Morgan fingerprint density at radius 3 is 2.25 bits per heavy atom. The summed E-state index contributed by atoms with van der Waals surface area (Å²) in [4.78, 5) is 0. The summed E-state index contributed by atoms with van der Waals surface area (Å²) in [5.41, 5.74) is 0. The van der Waals surface area contributed by atoms with Gasteiger partial charge in [-0.1, -0.05) is 12.8 Å². The van der Waals surface area contributed by atoms with E-state index in [1.807, 2.05) is 4.13 Å². The third kappa shape index (κ3) is 2.46. The first-order chi connectivity index (χ1) is 1.91. The molecule has 0 atom stereocenters. The zero-order valence-electron chi connectivity index (χ0n) is 1.80. The molecule has 0 rings (SSSR count). The molecule has 0 unspecified atom stereocenters. The van der Waals surface area contributed by atoms with Crippen LogP contribution in [0, 0.1) is 0 Å². The number of thiol groups is 2. The molecule has 0 aromatic carbocycles. The van der Waals surface area contributed by atoms with Gasteiger partial charge in [0.1, 0.15) is 0 Å². The fourth-order valence-corrected chi connectivity index (χ4v) is 0. The molecule has 26 valence electrons. The van der Waals surface area contributed by atoms with Gasteiger partial charge >= 0.3 is 0 Å². The van der Waals surface area contributed by atoms with Crippen LogP contribution in [0.2, 0.25) is 0 Å². The van der Waals surface area contributed by atoms with Crippen molar-refractivity contribution in [3.8, 4) is 0 Å². The van der Waals surface area contributed by atoms with Crippen LogP contribution in [0.5, 0.6) is 0 Å². The zero-order valence-corrected chi connectivity index (χ0v) is 3.59. The maximum atomic E-state index is 9.08. The van der Waals surface area contributed by atoms with E-state index in [9.17, 15) is 0 Å². The van der Waals surface area contributed by atoms with Gasteiger partial charge < -0.3 is 0 Å². The van der Waals surface area contributed by atoms with Crippen LogP contribution >= 0.6 is 12.8 Å². The molecule has 0 saturated heterocycles. The van der Waals surface area contributed by atoms with Gasteiger partial charge in [-0.3, -0.25) is 0 Å². The molecule has 0 aromatic heterocycles. The van der Waals surface area contributed by atoms with Crippen molar-refractivity contribution in [3.63, 3.8) is 0 Å². The summed E-state index contributed by atoms with van der Waals surface area (Å²) in [6, 6.07) is 0. The highest BCUT2D eigenvalue weighted by Crippen LogP contribution is 1.43. The van der Waals surface area contributed by atoms with Gasteiger partial charge in [0.2, 0.25) is 0 Å².